The van der Waals surface area contributed by atoms with Gasteiger partial charge in [-0.2, -0.15) is 0 Å². The number of amides is 1. The van der Waals surface area contributed by atoms with Gasteiger partial charge in [0.05, 0.1) is 36.2 Å². The first-order chi connectivity index (χ1) is 11.7. The fourth-order valence-electron chi connectivity index (χ4n) is 3.59. The van der Waals surface area contributed by atoms with Crippen LogP contribution in [0.4, 0.5) is 5.69 Å². The first-order valence-corrected chi connectivity index (χ1v) is 8.16. The van der Waals surface area contributed by atoms with Crippen molar-refractivity contribution in [1.82, 2.24) is 15.0 Å². The maximum atomic E-state index is 12.6. The van der Waals surface area contributed by atoms with E-state index >= 15 is 0 Å². The highest BCUT2D eigenvalue weighted by atomic mass is 16.5. The minimum Gasteiger partial charge on any atom is -0.376 e. The number of pyridine rings is 1. The van der Waals surface area contributed by atoms with Crippen LogP contribution in [0.25, 0.3) is 0 Å². The van der Waals surface area contributed by atoms with Crippen molar-refractivity contribution in [1.29, 1.82) is 0 Å². The Bertz CT molecular complexity index is 718. The molecule has 0 radical (unpaired) electrons. The number of rotatable bonds is 4. The second kappa shape index (κ2) is 6.33. The molecule has 2 aromatic heterocycles. The summed E-state index contributed by atoms with van der Waals surface area (Å²) in [6.07, 6.45) is 3.45. The zero-order valence-electron chi connectivity index (χ0n) is 13.5. The van der Waals surface area contributed by atoms with Crippen molar-refractivity contribution in [3.63, 3.8) is 0 Å². The topological polar surface area (TPSA) is 80.5 Å². The van der Waals surface area contributed by atoms with Gasteiger partial charge in [-0.3, -0.25) is 14.7 Å². The van der Waals surface area contributed by atoms with Crippen molar-refractivity contribution < 1.29 is 14.1 Å². The van der Waals surface area contributed by atoms with Crippen LogP contribution >= 0.6 is 0 Å². The van der Waals surface area contributed by atoms with E-state index in [1.54, 1.807) is 18.5 Å². The summed E-state index contributed by atoms with van der Waals surface area (Å²) in [6, 6.07) is 5.59. The van der Waals surface area contributed by atoms with Crippen LogP contribution in [0.5, 0.6) is 0 Å². The van der Waals surface area contributed by atoms with Gasteiger partial charge in [-0.05, 0) is 19.1 Å². The number of nitrogens with zero attached hydrogens (tertiary/aromatic N) is 3. The summed E-state index contributed by atoms with van der Waals surface area (Å²) in [5.41, 5.74) is 1.64. The predicted octanol–water partition coefficient (Wildman–Crippen LogP) is 1.46. The van der Waals surface area contributed by atoms with Gasteiger partial charge in [0.2, 0.25) is 5.91 Å². The molecule has 3 atom stereocenters. The molecule has 0 spiro atoms. The van der Waals surface area contributed by atoms with E-state index in [0.717, 1.165) is 36.8 Å². The molecule has 0 aliphatic carbocycles. The lowest BCUT2D eigenvalue weighted by atomic mass is 9.92. The molecule has 1 N–H and O–H groups in total. The summed E-state index contributed by atoms with van der Waals surface area (Å²) in [5, 5.41) is 6.98. The Labute approximate surface area is 140 Å². The number of anilines is 1. The molecule has 126 valence electrons. The van der Waals surface area contributed by atoms with Gasteiger partial charge in [0.25, 0.3) is 0 Å². The molecule has 4 rings (SSSR count). The Kier molecular flexibility index (Phi) is 4.03. The SMILES string of the molecule is Cc1cc(CN2C[C@@H]3[C@H](C2)OC[C@H]3C(=O)Nc2cccnc2)no1. The molecule has 0 aromatic carbocycles. The zero-order chi connectivity index (χ0) is 16.5. The summed E-state index contributed by atoms with van der Waals surface area (Å²) in [5.74, 6) is 0.915. The van der Waals surface area contributed by atoms with Crippen LogP contribution < -0.4 is 5.32 Å². The molecular weight excluding hydrogens is 308 g/mol. The van der Waals surface area contributed by atoms with Crippen molar-refractivity contribution in [2.45, 2.75) is 19.6 Å². The van der Waals surface area contributed by atoms with E-state index in [1.807, 2.05) is 19.1 Å². The number of aromatic nitrogens is 2. The molecule has 24 heavy (non-hydrogen) atoms. The van der Waals surface area contributed by atoms with Crippen molar-refractivity contribution in [2.24, 2.45) is 11.8 Å². The third-order valence-corrected chi connectivity index (χ3v) is 4.72. The van der Waals surface area contributed by atoms with Crippen molar-refractivity contribution in [3.05, 3.63) is 42.0 Å². The first-order valence-electron chi connectivity index (χ1n) is 8.16. The lowest BCUT2D eigenvalue weighted by Gasteiger charge is -2.18. The van der Waals surface area contributed by atoms with E-state index in [0.29, 0.717) is 6.61 Å². The molecule has 0 saturated carbocycles. The van der Waals surface area contributed by atoms with Crippen LogP contribution in [0, 0.1) is 18.8 Å². The van der Waals surface area contributed by atoms with Gasteiger partial charge < -0.3 is 14.6 Å². The average Bonchev–Trinajstić information content (AvgIpc) is 3.24. The number of likely N-dealkylation sites (tertiary alicyclic amines) is 1. The predicted molar refractivity (Wildman–Crippen MR) is 86.1 cm³/mol. The number of carbonyl (C=O) groups is 1. The normalized spacial score (nSPS) is 26.5. The molecule has 2 fully saturated rings. The molecule has 2 saturated heterocycles. The van der Waals surface area contributed by atoms with Gasteiger partial charge >= 0.3 is 0 Å². The molecule has 7 nitrogen and oxygen atoms in total. The molecule has 2 aromatic rings. The van der Waals surface area contributed by atoms with E-state index in [1.165, 1.54) is 0 Å². The van der Waals surface area contributed by atoms with Crippen molar-refractivity contribution in [2.75, 3.05) is 25.0 Å². The second-order valence-electron chi connectivity index (χ2n) is 6.50. The second-order valence-corrected chi connectivity index (χ2v) is 6.50. The van der Waals surface area contributed by atoms with E-state index < -0.39 is 0 Å². The molecule has 7 heteroatoms. The molecule has 4 heterocycles. The number of nitrogens with one attached hydrogen (secondary N) is 1. The molecule has 0 bridgehead atoms. The number of ether oxygens (including phenoxy) is 1. The molecular formula is C17H20N4O3. The first kappa shape index (κ1) is 15.3. The lowest BCUT2D eigenvalue weighted by Crippen LogP contribution is -2.31. The maximum absolute atomic E-state index is 12.6. The molecule has 1 amide bonds. The summed E-state index contributed by atoms with van der Waals surface area (Å²) in [6.45, 7) is 4.76. The summed E-state index contributed by atoms with van der Waals surface area (Å²) in [4.78, 5) is 18.9. The Morgan fingerprint density at radius 3 is 3.12 bits per heavy atom. The van der Waals surface area contributed by atoms with Gasteiger partial charge in [0.1, 0.15) is 5.76 Å². The maximum Gasteiger partial charge on any atom is 0.230 e. The fourth-order valence-corrected chi connectivity index (χ4v) is 3.59. The smallest absolute Gasteiger partial charge is 0.230 e. The number of hydrogen-bond donors (Lipinski definition) is 1. The molecule has 2 aliphatic heterocycles. The summed E-state index contributed by atoms with van der Waals surface area (Å²) in [7, 11) is 0. The van der Waals surface area contributed by atoms with Gasteiger partial charge in [-0.25, -0.2) is 0 Å². The number of fused-ring (bicyclic) bond motifs is 1. The fraction of sp³-hybridized carbons (Fsp3) is 0.471. The lowest BCUT2D eigenvalue weighted by molar-refractivity contribution is -0.120. The van der Waals surface area contributed by atoms with Crippen molar-refractivity contribution >= 4 is 11.6 Å². The number of aryl methyl sites for hydroxylation is 1. The van der Waals surface area contributed by atoms with Crippen LogP contribution in [0.2, 0.25) is 0 Å². The van der Waals surface area contributed by atoms with E-state index in [9.17, 15) is 4.79 Å². The highest BCUT2D eigenvalue weighted by molar-refractivity contribution is 5.92. The number of carbonyl (C=O) groups excluding carboxylic acids is 1. The number of hydrogen-bond acceptors (Lipinski definition) is 6. The Morgan fingerprint density at radius 2 is 2.38 bits per heavy atom. The van der Waals surface area contributed by atoms with Gasteiger partial charge in [-0.15, -0.1) is 0 Å². The van der Waals surface area contributed by atoms with Crippen LogP contribution in [0.15, 0.2) is 35.1 Å². The largest absolute Gasteiger partial charge is 0.376 e. The quantitative estimate of drug-likeness (QED) is 0.915. The highest BCUT2D eigenvalue weighted by Crippen LogP contribution is 2.35. The minimum atomic E-state index is -0.126. The van der Waals surface area contributed by atoms with Crippen LogP contribution in [0.1, 0.15) is 11.5 Å². The van der Waals surface area contributed by atoms with Gasteiger partial charge in [0, 0.05) is 37.8 Å². The van der Waals surface area contributed by atoms with Gasteiger partial charge in [-0.1, -0.05) is 5.16 Å². The van der Waals surface area contributed by atoms with E-state index in [4.69, 9.17) is 9.26 Å². The average molecular weight is 328 g/mol. The molecule has 0 unspecified atom stereocenters. The minimum absolute atomic E-state index is 0.00892. The molecule has 2 aliphatic rings. The Balaban J connectivity index is 1.38. The Hall–Kier alpha value is -2.25. The third-order valence-electron chi connectivity index (χ3n) is 4.72. The van der Waals surface area contributed by atoms with Crippen molar-refractivity contribution in [3.8, 4) is 0 Å². The van der Waals surface area contributed by atoms with Crippen LogP contribution in [0.3, 0.4) is 0 Å². The highest BCUT2D eigenvalue weighted by Gasteiger charge is 2.46. The van der Waals surface area contributed by atoms with E-state index in [-0.39, 0.29) is 23.8 Å². The van der Waals surface area contributed by atoms with Crippen LogP contribution in [-0.2, 0) is 16.1 Å². The zero-order valence-corrected chi connectivity index (χ0v) is 13.5. The van der Waals surface area contributed by atoms with Gasteiger partial charge in [0.15, 0.2) is 0 Å². The Morgan fingerprint density at radius 1 is 1.46 bits per heavy atom. The summed E-state index contributed by atoms with van der Waals surface area (Å²) < 4.78 is 11.0. The summed E-state index contributed by atoms with van der Waals surface area (Å²) >= 11 is 0. The van der Waals surface area contributed by atoms with E-state index in [2.05, 4.69) is 20.4 Å². The third kappa shape index (κ3) is 3.05. The monoisotopic (exact) mass is 328 g/mol. The standard InChI is InChI=1S/C17H20N4O3/c1-11-5-13(20-24-11)7-21-8-14-15(10-23-16(14)9-21)17(22)19-12-3-2-4-18-6-12/h2-6,14-16H,7-10H2,1H3,(H,19,22)/t14-,15+,16-/m0/s1. The van der Waals surface area contributed by atoms with Crippen LogP contribution in [-0.4, -0.2) is 46.7 Å².